The number of para-hydroxylation sites is 1. The summed E-state index contributed by atoms with van der Waals surface area (Å²) in [6, 6.07) is 23.5. The summed E-state index contributed by atoms with van der Waals surface area (Å²) in [6.45, 7) is 2.53. The molecular weight excluding hydrogens is 510 g/mol. The van der Waals surface area contributed by atoms with Crippen molar-refractivity contribution in [2.24, 2.45) is 0 Å². The summed E-state index contributed by atoms with van der Waals surface area (Å²) in [5, 5.41) is 18.6. The van der Waals surface area contributed by atoms with Crippen molar-refractivity contribution in [3.05, 3.63) is 89.5 Å². The second-order valence-corrected chi connectivity index (χ2v) is 9.58. The van der Waals surface area contributed by atoms with Crippen LogP contribution in [0, 0.1) is 0 Å². The Morgan fingerprint density at radius 2 is 1.68 bits per heavy atom. The van der Waals surface area contributed by atoms with Crippen LogP contribution in [0.1, 0.15) is 42.4 Å². The van der Waals surface area contributed by atoms with Gasteiger partial charge in [-0.15, -0.1) is 0 Å². The van der Waals surface area contributed by atoms with Gasteiger partial charge in [-0.1, -0.05) is 66.7 Å². The number of carbonyl (C=O) groups is 2. The maximum absolute atomic E-state index is 11.7. The van der Waals surface area contributed by atoms with Crippen molar-refractivity contribution in [1.29, 1.82) is 0 Å². The summed E-state index contributed by atoms with van der Waals surface area (Å²) < 4.78 is 17.4. The van der Waals surface area contributed by atoms with Crippen LogP contribution < -0.4 is 14.4 Å². The van der Waals surface area contributed by atoms with Crippen LogP contribution >= 0.6 is 0 Å². The number of benzene rings is 3. The van der Waals surface area contributed by atoms with Crippen LogP contribution in [0.2, 0.25) is 0 Å². The van der Waals surface area contributed by atoms with E-state index in [0.29, 0.717) is 38.5 Å². The van der Waals surface area contributed by atoms with Crippen molar-refractivity contribution in [1.82, 2.24) is 0 Å². The number of hydrogen-bond donors (Lipinski definition) is 2. The van der Waals surface area contributed by atoms with Gasteiger partial charge in [0, 0.05) is 25.1 Å². The van der Waals surface area contributed by atoms with E-state index in [1.54, 1.807) is 0 Å². The fourth-order valence-corrected chi connectivity index (χ4v) is 4.41. The highest BCUT2D eigenvalue weighted by Gasteiger charge is 2.31. The lowest BCUT2D eigenvalue weighted by Gasteiger charge is -2.35. The van der Waals surface area contributed by atoms with Crippen LogP contribution in [-0.4, -0.2) is 54.6 Å². The minimum atomic E-state index is -1.05. The monoisotopic (exact) mass is 545 g/mol. The van der Waals surface area contributed by atoms with E-state index in [2.05, 4.69) is 12.1 Å². The Morgan fingerprint density at radius 1 is 0.900 bits per heavy atom. The number of carboxylic acid groups (broad SMARTS) is 2. The number of unbranched alkanes of at least 4 members (excludes halogenated alkanes) is 1. The number of anilines is 1. The molecule has 2 N–H and O–H groups in total. The van der Waals surface area contributed by atoms with Crippen LogP contribution in [0.15, 0.2) is 72.8 Å². The van der Waals surface area contributed by atoms with Crippen molar-refractivity contribution in [3.8, 4) is 11.5 Å². The van der Waals surface area contributed by atoms with Gasteiger partial charge in [0.25, 0.3) is 0 Å². The van der Waals surface area contributed by atoms with E-state index in [0.717, 1.165) is 35.4 Å². The molecule has 0 aliphatic carbocycles. The van der Waals surface area contributed by atoms with Gasteiger partial charge in [-0.2, -0.15) is 0 Å². The molecule has 1 atom stereocenters. The first-order valence-corrected chi connectivity index (χ1v) is 13.5. The Morgan fingerprint density at radius 3 is 2.42 bits per heavy atom. The van der Waals surface area contributed by atoms with E-state index in [4.69, 9.17) is 19.3 Å². The molecule has 210 valence electrons. The third kappa shape index (κ3) is 8.61. The largest absolute Gasteiger partial charge is 0.494 e. The van der Waals surface area contributed by atoms with Gasteiger partial charge in [-0.25, -0.2) is 4.79 Å². The summed E-state index contributed by atoms with van der Waals surface area (Å²) >= 11 is 0. The molecule has 8 heteroatoms. The first kappa shape index (κ1) is 28.7. The molecule has 1 aliphatic heterocycles. The van der Waals surface area contributed by atoms with E-state index in [9.17, 15) is 14.7 Å². The molecule has 0 bridgehead atoms. The molecular formula is C32H35NO7. The zero-order valence-electron chi connectivity index (χ0n) is 22.4. The number of nitrogens with zero attached hydrogens (tertiary/aromatic N) is 1. The van der Waals surface area contributed by atoms with Gasteiger partial charge in [0.15, 0.2) is 5.75 Å². The van der Waals surface area contributed by atoms with Gasteiger partial charge < -0.3 is 29.3 Å². The summed E-state index contributed by atoms with van der Waals surface area (Å²) in [5.74, 6) is -0.645. The highest BCUT2D eigenvalue weighted by atomic mass is 16.5. The van der Waals surface area contributed by atoms with Crippen molar-refractivity contribution in [2.45, 2.75) is 38.4 Å². The lowest BCUT2D eigenvalue weighted by atomic mass is 10.1. The van der Waals surface area contributed by atoms with Gasteiger partial charge in [-0.05, 0) is 48.6 Å². The predicted molar refractivity (Wildman–Crippen MR) is 154 cm³/mol. The molecule has 0 saturated carbocycles. The van der Waals surface area contributed by atoms with E-state index in [1.165, 1.54) is 5.56 Å². The lowest BCUT2D eigenvalue weighted by Crippen LogP contribution is -2.45. The van der Waals surface area contributed by atoms with Crippen LogP contribution in [0.25, 0.3) is 12.2 Å². The van der Waals surface area contributed by atoms with Crippen molar-refractivity contribution in [3.63, 3.8) is 0 Å². The molecule has 8 nitrogen and oxygen atoms in total. The summed E-state index contributed by atoms with van der Waals surface area (Å²) in [5.41, 5.74) is 3.65. The molecule has 1 heterocycles. The minimum Gasteiger partial charge on any atom is -0.494 e. The molecule has 1 aliphatic rings. The molecule has 3 aromatic carbocycles. The average molecular weight is 546 g/mol. The Kier molecular flexibility index (Phi) is 10.6. The third-order valence-electron chi connectivity index (χ3n) is 6.50. The van der Waals surface area contributed by atoms with Crippen LogP contribution in [-0.2, 0) is 20.9 Å². The number of rotatable bonds is 15. The zero-order chi connectivity index (χ0) is 28.2. The molecule has 0 amide bonds. The standard InChI is InChI=1S/C32H35NO7/c34-30(35)12-7-19-33-22-29(32(36)37)40-31-26(10-6-11-28(31)33)16-13-24-14-17-27(18-15-24)39-21-5-4-20-38-23-25-8-2-1-3-9-25/h1-3,6,8-11,13-18,29H,4-5,7,12,19-23H2,(H,34,35)(H,36,37). The first-order valence-electron chi connectivity index (χ1n) is 13.5. The Labute approximate surface area is 234 Å². The molecule has 0 radical (unpaired) electrons. The molecule has 4 rings (SSSR count). The second-order valence-electron chi connectivity index (χ2n) is 9.58. The molecule has 0 saturated heterocycles. The normalized spacial score (nSPS) is 14.5. The van der Waals surface area contributed by atoms with Gasteiger partial charge >= 0.3 is 11.9 Å². The van der Waals surface area contributed by atoms with Crippen molar-refractivity contribution >= 4 is 29.8 Å². The fraction of sp³-hybridized carbons (Fsp3) is 0.312. The number of hydrogen-bond acceptors (Lipinski definition) is 6. The average Bonchev–Trinajstić information content (AvgIpc) is 2.96. The Balaban J connectivity index is 1.28. The van der Waals surface area contributed by atoms with Crippen LogP contribution in [0.4, 0.5) is 5.69 Å². The van der Waals surface area contributed by atoms with Crippen molar-refractivity contribution < 1.29 is 34.0 Å². The molecule has 0 aromatic heterocycles. The van der Waals surface area contributed by atoms with Gasteiger partial charge in [0.1, 0.15) is 5.75 Å². The van der Waals surface area contributed by atoms with Gasteiger partial charge in [0.05, 0.1) is 25.4 Å². The van der Waals surface area contributed by atoms with Crippen LogP contribution in [0.3, 0.4) is 0 Å². The molecule has 3 aromatic rings. The predicted octanol–water partition coefficient (Wildman–Crippen LogP) is 5.75. The summed E-state index contributed by atoms with van der Waals surface area (Å²) in [7, 11) is 0. The van der Waals surface area contributed by atoms with Crippen LogP contribution in [0.5, 0.6) is 11.5 Å². The highest BCUT2D eigenvalue weighted by Crippen LogP contribution is 2.38. The molecule has 0 fully saturated rings. The number of fused-ring (bicyclic) bond motifs is 1. The lowest BCUT2D eigenvalue weighted by molar-refractivity contribution is -0.145. The van der Waals surface area contributed by atoms with E-state index >= 15 is 0 Å². The first-order chi connectivity index (χ1) is 19.5. The van der Waals surface area contributed by atoms with E-state index < -0.39 is 18.0 Å². The fourth-order valence-electron chi connectivity index (χ4n) is 4.41. The zero-order valence-corrected chi connectivity index (χ0v) is 22.4. The number of ether oxygens (including phenoxy) is 3. The molecule has 1 unspecified atom stereocenters. The third-order valence-corrected chi connectivity index (χ3v) is 6.50. The maximum Gasteiger partial charge on any atom is 0.346 e. The Bertz CT molecular complexity index is 1270. The number of aliphatic carboxylic acids is 2. The SMILES string of the molecule is O=C(O)CCCN1CC(C(=O)O)Oc2c(C=Cc3ccc(OCCCCOCc4ccccc4)cc3)cccc21. The van der Waals surface area contributed by atoms with Gasteiger partial charge in [0.2, 0.25) is 6.10 Å². The smallest absolute Gasteiger partial charge is 0.346 e. The molecule has 40 heavy (non-hydrogen) atoms. The minimum absolute atomic E-state index is 0.0207. The quantitative estimate of drug-likeness (QED) is 0.184. The summed E-state index contributed by atoms with van der Waals surface area (Å²) in [4.78, 5) is 24.6. The summed E-state index contributed by atoms with van der Waals surface area (Å²) in [6.07, 6.45) is 5.07. The van der Waals surface area contributed by atoms with E-state index in [1.807, 2.05) is 77.7 Å². The molecule has 0 spiro atoms. The highest BCUT2D eigenvalue weighted by molar-refractivity contribution is 5.81. The van der Waals surface area contributed by atoms with Crippen molar-refractivity contribution in [2.75, 3.05) is 31.2 Å². The maximum atomic E-state index is 11.7. The topological polar surface area (TPSA) is 106 Å². The van der Waals surface area contributed by atoms with E-state index in [-0.39, 0.29) is 13.0 Å². The van der Waals surface area contributed by atoms with Gasteiger partial charge in [-0.3, -0.25) is 4.79 Å². The second kappa shape index (κ2) is 14.7. The number of carboxylic acids is 2. The Hall–Kier alpha value is -4.30.